The summed E-state index contributed by atoms with van der Waals surface area (Å²) in [6.07, 6.45) is 2.63. The first-order chi connectivity index (χ1) is 9.47. The van der Waals surface area contributed by atoms with Crippen LogP contribution in [0.5, 0.6) is 0 Å². The molecule has 3 rings (SSSR count). The summed E-state index contributed by atoms with van der Waals surface area (Å²) in [5.41, 5.74) is 1.63. The minimum atomic E-state index is -0.286. The molecule has 2 atom stereocenters. The molecule has 0 saturated heterocycles. The van der Waals surface area contributed by atoms with E-state index >= 15 is 0 Å². The molecule has 0 spiro atoms. The number of hydrogen-bond acceptors (Lipinski definition) is 1. The maximum Gasteiger partial charge on any atom is 0.139 e. The van der Waals surface area contributed by atoms with Crippen molar-refractivity contribution in [1.82, 2.24) is 9.55 Å². The molecular formula is C15H17BrClFN2. The molecule has 0 amide bonds. The van der Waals surface area contributed by atoms with Gasteiger partial charge in [-0.25, -0.2) is 9.37 Å². The maximum absolute atomic E-state index is 13.7. The average Bonchev–Trinajstić information content (AvgIpc) is 3.17. The third kappa shape index (κ3) is 2.60. The molecule has 1 aliphatic carbocycles. The molecule has 1 saturated carbocycles. The lowest BCUT2D eigenvalue weighted by atomic mass is 10.1. The summed E-state index contributed by atoms with van der Waals surface area (Å²) in [7, 11) is 0. The second kappa shape index (κ2) is 5.30. The van der Waals surface area contributed by atoms with Crippen molar-refractivity contribution in [3.05, 3.63) is 28.2 Å². The van der Waals surface area contributed by atoms with E-state index in [0.717, 1.165) is 23.8 Å². The molecule has 0 radical (unpaired) electrons. The zero-order chi connectivity index (χ0) is 14.4. The van der Waals surface area contributed by atoms with Gasteiger partial charge in [0.15, 0.2) is 0 Å². The molecule has 2 aromatic rings. The molecule has 2 nitrogen and oxygen atoms in total. The number of imidazole rings is 1. The first-order valence-electron chi connectivity index (χ1n) is 6.96. The molecule has 108 valence electrons. The Balaban J connectivity index is 2.09. The summed E-state index contributed by atoms with van der Waals surface area (Å²) in [6.45, 7) is 5.07. The molecule has 0 aliphatic heterocycles. The van der Waals surface area contributed by atoms with E-state index in [1.807, 2.05) is 6.92 Å². The molecule has 1 fully saturated rings. The number of fused-ring (bicyclic) bond motifs is 1. The highest BCUT2D eigenvalue weighted by atomic mass is 79.9. The van der Waals surface area contributed by atoms with Crippen LogP contribution in [-0.2, 0) is 6.54 Å². The number of rotatable bonds is 4. The second-order valence-electron chi connectivity index (χ2n) is 5.77. The molecule has 1 aliphatic rings. The zero-order valence-corrected chi connectivity index (χ0v) is 13.9. The summed E-state index contributed by atoms with van der Waals surface area (Å²) in [4.78, 5) is 4.52. The lowest BCUT2D eigenvalue weighted by Crippen LogP contribution is -2.12. The van der Waals surface area contributed by atoms with Crippen LogP contribution in [-0.4, -0.2) is 9.55 Å². The number of hydrogen-bond donors (Lipinski definition) is 0. The average molecular weight is 360 g/mol. The summed E-state index contributed by atoms with van der Waals surface area (Å²) < 4.78 is 16.3. The van der Waals surface area contributed by atoms with Gasteiger partial charge in [0.2, 0.25) is 0 Å². The number of alkyl halides is 1. The van der Waals surface area contributed by atoms with Crippen molar-refractivity contribution in [1.29, 1.82) is 0 Å². The van der Waals surface area contributed by atoms with Crippen molar-refractivity contribution in [2.45, 2.75) is 38.6 Å². The van der Waals surface area contributed by atoms with E-state index in [-0.39, 0.29) is 11.2 Å². The van der Waals surface area contributed by atoms with Gasteiger partial charge in [0.1, 0.15) is 11.6 Å². The van der Waals surface area contributed by atoms with Crippen molar-refractivity contribution in [2.75, 3.05) is 0 Å². The minimum Gasteiger partial charge on any atom is -0.326 e. The van der Waals surface area contributed by atoms with E-state index in [4.69, 9.17) is 11.6 Å². The fourth-order valence-corrected chi connectivity index (χ4v) is 3.23. The highest BCUT2D eigenvalue weighted by molar-refractivity contribution is 9.10. The summed E-state index contributed by atoms with van der Waals surface area (Å²) in [5, 5.41) is -0.185. The van der Waals surface area contributed by atoms with Gasteiger partial charge in [-0.1, -0.05) is 6.92 Å². The molecular weight excluding hydrogens is 343 g/mol. The van der Waals surface area contributed by atoms with Crippen molar-refractivity contribution in [3.8, 4) is 0 Å². The molecule has 20 heavy (non-hydrogen) atoms. The highest BCUT2D eigenvalue weighted by Crippen LogP contribution is 2.38. The van der Waals surface area contributed by atoms with E-state index in [0.29, 0.717) is 15.9 Å². The van der Waals surface area contributed by atoms with E-state index in [1.54, 1.807) is 6.07 Å². The molecule has 0 N–H and O–H groups in total. The minimum absolute atomic E-state index is 0.185. The third-order valence-corrected chi connectivity index (χ3v) is 4.88. The number of aromatic nitrogens is 2. The van der Waals surface area contributed by atoms with Gasteiger partial charge in [-0.3, -0.25) is 0 Å². The van der Waals surface area contributed by atoms with Crippen molar-refractivity contribution in [2.24, 2.45) is 11.8 Å². The summed E-state index contributed by atoms with van der Waals surface area (Å²) in [5.74, 6) is 1.96. The van der Waals surface area contributed by atoms with E-state index < -0.39 is 0 Å². The van der Waals surface area contributed by atoms with Gasteiger partial charge >= 0.3 is 0 Å². The van der Waals surface area contributed by atoms with Crippen LogP contribution in [0.15, 0.2) is 16.6 Å². The van der Waals surface area contributed by atoms with Crippen LogP contribution in [0.4, 0.5) is 4.39 Å². The molecule has 2 unspecified atom stereocenters. The van der Waals surface area contributed by atoms with Crippen molar-refractivity contribution >= 4 is 38.6 Å². The van der Waals surface area contributed by atoms with Crippen molar-refractivity contribution in [3.63, 3.8) is 0 Å². The normalized spacial score (nSPS) is 18.4. The van der Waals surface area contributed by atoms with E-state index in [9.17, 15) is 4.39 Å². The fraction of sp³-hybridized carbons (Fsp3) is 0.533. The monoisotopic (exact) mass is 358 g/mol. The first kappa shape index (κ1) is 14.3. The van der Waals surface area contributed by atoms with Crippen LogP contribution in [0.3, 0.4) is 0 Å². The van der Waals surface area contributed by atoms with Crippen LogP contribution in [0.1, 0.15) is 37.9 Å². The van der Waals surface area contributed by atoms with E-state index in [1.165, 1.54) is 18.9 Å². The molecule has 1 aromatic heterocycles. The Morgan fingerprint density at radius 1 is 1.45 bits per heavy atom. The van der Waals surface area contributed by atoms with Gasteiger partial charge in [0.05, 0.1) is 20.9 Å². The van der Waals surface area contributed by atoms with Crippen LogP contribution in [0.2, 0.25) is 0 Å². The molecule has 1 aromatic carbocycles. The smallest absolute Gasteiger partial charge is 0.139 e. The SMILES string of the molecule is CC(Cl)c1nc2cc(F)c(Br)cc2n1CC(C)C1CC1. The van der Waals surface area contributed by atoms with Crippen LogP contribution < -0.4 is 0 Å². The molecule has 5 heteroatoms. The van der Waals surface area contributed by atoms with Crippen molar-refractivity contribution < 1.29 is 4.39 Å². The van der Waals surface area contributed by atoms with Crippen LogP contribution in [0, 0.1) is 17.7 Å². The number of halogens is 3. The maximum atomic E-state index is 13.7. The van der Waals surface area contributed by atoms with Gasteiger partial charge < -0.3 is 4.57 Å². The van der Waals surface area contributed by atoms with Crippen LogP contribution in [0.25, 0.3) is 11.0 Å². The predicted octanol–water partition coefficient (Wildman–Crippen LogP) is 5.28. The Kier molecular flexibility index (Phi) is 3.80. The van der Waals surface area contributed by atoms with Gasteiger partial charge in [-0.05, 0) is 53.6 Å². The summed E-state index contributed by atoms with van der Waals surface area (Å²) >= 11 is 9.50. The Labute approximate surface area is 131 Å². The lowest BCUT2D eigenvalue weighted by Gasteiger charge is -2.15. The van der Waals surface area contributed by atoms with Gasteiger partial charge in [-0.2, -0.15) is 0 Å². The van der Waals surface area contributed by atoms with Gasteiger partial charge in [0, 0.05) is 12.6 Å². The molecule has 0 bridgehead atoms. The van der Waals surface area contributed by atoms with Gasteiger partial charge in [0.25, 0.3) is 0 Å². The largest absolute Gasteiger partial charge is 0.326 e. The summed E-state index contributed by atoms with van der Waals surface area (Å²) in [6, 6.07) is 3.28. The Hall–Kier alpha value is -0.610. The Morgan fingerprint density at radius 3 is 2.75 bits per heavy atom. The lowest BCUT2D eigenvalue weighted by molar-refractivity contribution is 0.428. The number of nitrogens with zero attached hydrogens (tertiary/aromatic N) is 2. The van der Waals surface area contributed by atoms with E-state index in [2.05, 4.69) is 32.4 Å². The third-order valence-electron chi connectivity index (χ3n) is 4.07. The topological polar surface area (TPSA) is 17.8 Å². The highest BCUT2D eigenvalue weighted by Gasteiger charge is 2.29. The Bertz CT molecular complexity index is 649. The zero-order valence-electron chi connectivity index (χ0n) is 11.5. The standard InChI is InChI=1S/C15H17BrClFN2/c1-8(10-3-4-10)7-20-14-5-11(16)12(18)6-13(14)19-15(20)9(2)17/h5-6,8-10H,3-4,7H2,1-2H3. The van der Waals surface area contributed by atoms with Gasteiger partial charge in [-0.15, -0.1) is 11.6 Å². The second-order valence-corrected chi connectivity index (χ2v) is 7.28. The molecule has 1 heterocycles. The quantitative estimate of drug-likeness (QED) is 0.679. The fourth-order valence-electron chi connectivity index (χ4n) is 2.74. The van der Waals surface area contributed by atoms with Crippen LogP contribution >= 0.6 is 27.5 Å². The number of benzene rings is 1. The predicted molar refractivity (Wildman–Crippen MR) is 83.5 cm³/mol. The Morgan fingerprint density at radius 2 is 2.15 bits per heavy atom. The first-order valence-corrected chi connectivity index (χ1v) is 8.19.